The number of hydrogen-bond acceptors (Lipinski definition) is 6. The number of alkyl halides is 2. The van der Waals surface area contributed by atoms with Gasteiger partial charge in [0.05, 0.1) is 6.04 Å². The van der Waals surface area contributed by atoms with Crippen molar-refractivity contribution in [1.82, 2.24) is 20.9 Å². The van der Waals surface area contributed by atoms with Crippen LogP contribution in [0, 0.1) is 17.3 Å². The summed E-state index contributed by atoms with van der Waals surface area (Å²) in [6.07, 6.45) is 0.312. The van der Waals surface area contributed by atoms with E-state index in [1.165, 1.54) is 4.90 Å². The summed E-state index contributed by atoms with van der Waals surface area (Å²) in [6, 6.07) is -3.65. The van der Waals surface area contributed by atoms with Crippen LogP contribution in [0.2, 0.25) is 0 Å². The molecule has 3 N–H and O–H groups in total. The van der Waals surface area contributed by atoms with E-state index < -0.39 is 65.7 Å². The van der Waals surface area contributed by atoms with Gasteiger partial charge in [-0.1, -0.05) is 40.0 Å². The van der Waals surface area contributed by atoms with Crippen LogP contribution < -0.4 is 16.0 Å². The Morgan fingerprint density at radius 2 is 1.72 bits per heavy atom. The van der Waals surface area contributed by atoms with Crippen LogP contribution in [0.4, 0.5) is 13.6 Å². The lowest BCUT2D eigenvalue weighted by Crippen LogP contribution is -2.58. The molecule has 1 saturated carbocycles. The van der Waals surface area contributed by atoms with Crippen LogP contribution in [0.25, 0.3) is 0 Å². The van der Waals surface area contributed by atoms with Gasteiger partial charge in [0.2, 0.25) is 23.5 Å². The molecule has 6 atom stereocenters. The maximum atomic E-state index is 14.9. The molecule has 2 saturated heterocycles. The Labute approximate surface area is 253 Å². The first-order valence-corrected chi connectivity index (χ1v) is 15.7. The molecule has 43 heavy (non-hydrogen) atoms. The fourth-order valence-corrected chi connectivity index (χ4v) is 6.37. The van der Waals surface area contributed by atoms with E-state index in [2.05, 4.69) is 16.0 Å². The zero-order chi connectivity index (χ0) is 32.3. The zero-order valence-corrected chi connectivity index (χ0v) is 26.7. The van der Waals surface area contributed by atoms with Gasteiger partial charge >= 0.3 is 6.09 Å². The van der Waals surface area contributed by atoms with E-state index in [0.29, 0.717) is 25.7 Å². The van der Waals surface area contributed by atoms with Crippen LogP contribution in [0.15, 0.2) is 0 Å². The number of nitrogens with zero attached hydrogens (tertiary/aromatic N) is 1. The average Bonchev–Trinajstić information content (AvgIpc) is 3.21. The van der Waals surface area contributed by atoms with Gasteiger partial charge in [-0.2, -0.15) is 0 Å². The smallest absolute Gasteiger partial charge is 0.408 e. The van der Waals surface area contributed by atoms with Gasteiger partial charge in [-0.3, -0.25) is 19.2 Å². The molecule has 0 bridgehead atoms. The van der Waals surface area contributed by atoms with E-state index in [4.69, 9.17) is 4.74 Å². The molecule has 0 spiro atoms. The predicted octanol–water partition coefficient (Wildman–Crippen LogP) is 4.10. The van der Waals surface area contributed by atoms with Crippen molar-refractivity contribution in [3.63, 3.8) is 0 Å². The summed E-state index contributed by atoms with van der Waals surface area (Å²) in [5.41, 5.74) is -1.13. The third-order valence-corrected chi connectivity index (χ3v) is 9.18. The molecule has 0 aromatic heterocycles. The highest BCUT2D eigenvalue weighted by molar-refractivity contribution is 6.38. The Hall–Kier alpha value is -2.79. The molecule has 2 heterocycles. The third-order valence-electron chi connectivity index (χ3n) is 9.18. The lowest BCUT2D eigenvalue weighted by molar-refractivity contribution is -0.144. The van der Waals surface area contributed by atoms with Gasteiger partial charge in [-0.25, -0.2) is 13.6 Å². The van der Waals surface area contributed by atoms with Gasteiger partial charge in [0.1, 0.15) is 17.7 Å². The number of carbonyl (C=O) groups is 5. The molecule has 2 aliphatic heterocycles. The molecule has 3 aliphatic rings. The number of halogens is 2. The minimum Gasteiger partial charge on any atom is -0.444 e. The molecule has 244 valence electrons. The SMILES string of the molecule is CCC(C)NC(=O)C(=O)[C@@H]1CCCCCCC(F)(F)CC[C@H](NC(=O)OC(C)(C)C)C(=O)N2C[C@H]3[C@@H]([C@H]2C(=O)N1)C3(C)C. The number of hydrogen-bond donors (Lipinski definition) is 3. The molecule has 3 rings (SSSR count). The first kappa shape index (κ1) is 34.7. The first-order valence-electron chi connectivity index (χ1n) is 15.7. The van der Waals surface area contributed by atoms with Gasteiger partial charge in [0.15, 0.2) is 0 Å². The van der Waals surface area contributed by atoms with Crippen LogP contribution >= 0.6 is 0 Å². The summed E-state index contributed by atoms with van der Waals surface area (Å²) < 4.78 is 35.1. The Balaban J connectivity index is 1.92. The van der Waals surface area contributed by atoms with Crippen molar-refractivity contribution < 1.29 is 37.5 Å². The first-order chi connectivity index (χ1) is 19.9. The van der Waals surface area contributed by atoms with Crippen molar-refractivity contribution in [3.8, 4) is 0 Å². The average molecular weight is 613 g/mol. The molecule has 0 aromatic rings. The number of alkyl carbamates (subject to hydrolysis) is 1. The summed E-state index contributed by atoms with van der Waals surface area (Å²) >= 11 is 0. The molecule has 4 amide bonds. The maximum absolute atomic E-state index is 14.9. The molecule has 3 fully saturated rings. The second-order valence-electron chi connectivity index (χ2n) is 14.1. The molecule has 10 nitrogen and oxygen atoms in total. The third kappa shape index (κ3) is 8.88. The minimum atomic E-state index is -3.05. The van der Waals surface area contributed by atoms with Crippen molar-refractivity contribution in [2.24, 2.45) is 17.3 Å². The van der Waals surface area contributed by atoms with Crippen LogP contribution in [0.5, 0.6) is 0 Å². The van der Waals surface area contributed by atoms with Crippen molar-refractivity contribution >= 4 is 29.6 Å². The van der Waals surface area contributed by atoms with Gasteiger partial charge in [-0.15, -0.1) is 0 Å². The number of rotatable bonds is 5. The van der Waals surface area contributed by atoms with E-state index >= 15 is 0 Å². The fourth-order valence-electron chi connectivity index (χ4n) is 6.37. The number of nitrogens with one attached hydrogen (secondary N) is 3. The maximum Gasteiger partial charge on any atom is 0.408 e. The van der Waals surface area contributed by atoms with Crippen molar-refractivity contribution in [2.75, 3.05) is 6.54 Å². The van der Waals surface area contributed by atoms with Crippen LogP contribution in [-0.4, -0.2) is 76.7 Å². The molecule has 1 unspecified atom stereocenters. The summed E-state index contributed by atoms with van der Waals surface area (Å²) in [5, 5.41) is 7.92. The van der Waals surface area contributed by atoms with Crippen LogP contribution in [0.1, 0.15) is 106 Å². The van der Waals surface area contributed by atoms with E-state index in [9.17, 15) is 32.8 Å². The van der Waals surface area contributed by atoms with Gasteiger partial charge in [0, 0.05) is 25.4 Å². The Morgan fingerprint density at radius 3 is 2.35 bits per heavy atom. The highest BCUT2D eigenvalue weighted by atomic mass is 19.3. The molecule has 0 radical (unpaired) electrons. The summed E-state index contributed by atoms with van der Waals surface area (Å²) in [6.45, 7) is 12.8. The summed E-state index contributed by atoms with van der Waals surface area (Å²) in [4.78, 5) is 67.8. The molecular weight excluding hydrogens is 562 g/mol. The van der Waals surface area contributed by atoms with Crippen molar-refractivity contribution in [3.05, 3.63) is 0 Å². The lowest BCUT2D eigenvalue weighted by atomic mass is 9.96. The lowest BCUT2D eigenvalue weighted by Gasteiger charge is -2.34. The van der Waals surface area contributed by atoms with Crippen molar-refractivity contribution in [1.29, 1.82) is 0 Å². The second-order valence-corrected chi connectivity index (χ2v) is 14.1. The highest BCUT2D eigenvalue weighted by Gasteiger charge is 2.69. The normalized spacial score (nSPS) is 30.3. The largest absolute Gasteiger partial charge is 0.444 e. The van der Waals surface area contributed by atoms with E-state index in [-0.39, 0.29) is 55.5 Å². The summed E-state index contributed by atoms with van der Waals surface area (Å²) in [5.74, 6) is -6.05. The van der Waals surface area contributed by atoms with Gasteiger partial charge in [-0.05, 0) is 70.6 Å². The van der Waals surface area contributed by atoms with E-state index in [0.717, 1.165) is 0 Å². The van der Waals surface area contributed by atoms with Gasteiger partial charge in [0.25, 0.3) is 5.91 Å². The number of piperidine rings is 1. The number of ether oxygens (including phenoxy) is 1. The monoisotopic (exact) mass is 612 g/mol. The van der Waals surface area contributed by atoms with E-state index in [1.807, 2.05) is 20.8 Å². The summed E-state index contributed by atoms with van der Waals surface area (Å²) in [7, 11) is 0. The quantitative estimate of drug-likeness (QED) is 0.401. The van der Waals surface area contributed by atoms with Crippen LogP contribution in [-0.2, 0) is 23.9 Å². The molecule has 1 aliphatic carbocycles. The fraction of sp³-hybridized carbons (Fsp3) is 0.839. The number of Topliss-reactive ketones (excluding diaryl/α,β-unsaturated/α-hetero) is 1. The number of amides is 4. The minimum absolute atomic E-state index is 0.0132. The second kappa shape index (κ2) is 13.5. The van der Waals surface area contributed by atoms with Gasteiger partial charge < -0.3 is 25.6 Å². The topological polar surface area (TPSA) is 134 Å². The predicted molar refractivity (Wildman–Crippen MR) is 156 cm³/mol. The Bertz CT molecular complexity index is 1070. The van der Waals surface area contributed by atoms with Crippen molar-refractivity contribution in [2.45, 2.75) is 142 Å². The standard InChI is InChI=1S/C31H50F2N4O6/c1-8-18(2)34-26(40)24(38)20-13-11-9-10-12-15-31(32,33)16-14-21(36-28(42)43-29(3,4)5)27(41)37-17-19-22(30(19,6)7)23(37)25(39)35-20/h18-23H,8-17H2,1-7H3,(H,34,40)(H,35,39)(H,36,42)/t18?,19-,20-,21-,22-,23-/m0/s1. The number of fused-ring (bicyclic) bond motifs is 3. The molecular formula is C31H50F2N4O6. The number of ketones is 1. The van der Waals surface area contributed by atoms with Crippen LogP contribution in [0.3, 0.4) is 0 Å². The Morgan fingerprint density at radius 1 is 1.07 bits per heavy atom. The van der Waals surface area contributed by atoms with E-state index in [1.54, 1.807) is 27.7 Å². The molecule has 0 aromatic carbocycles. The molecule has 12 heteroatoms. The zero-order valence-electron chi connectivity index (χ0n) is 26.7. The Kier molecular flexibility index (Phi) is 10.9. The highest BCUT2D eigenvalue weighted by Crippen LogP contribution is 2.65. The number of carbonyl (C=O) groups excluding carboxylic acids is 5.